The number of hydrogen-bond donors (Lipinski definition) is 0. The molecule has 0 N–H and O–H groups in total. The van der Waals surface area contributed by atoms with Crippen molar-refractivity contribution in [3.05, 3.63) is 41.5 Å². The Labute approximate surface area is 135 Å². The van der Waals surface area contributed by atoms with E-state index in [1.54, 1.807) is 21.4 Å². The number of rotatable bonds is 3. The number of nitrogens with zero attached hydrogens (tertiary/aromatic N) is 2. The van der Waals surface area contributed by atoms with E-state index in [1.165, 1.54) is 18.4 Å². The van der Waals surface area contributed by atoms with E-state index in [0.717, 1.165) is 21.5 Å². The van der Waals surface area contributed by atoms with Gasteiger partial charge in [0.15, 0.2) is 5.65 Å². The molecule has 3 heterocycles. The molecule has 7 heteroatoms. The van der Waals surface area contributed by atoms with E-state index >= 15 is 0 Å². The van der Waals surface area contributed by atoms with Crippen LogP contribution in [0.25, 0.3) is 21.5 Å². The minimum absolute atomic E-state index is 0.299. The molecule has 3 rings (SSSR count). The molecule has 0 atom stereocenters. The summed E-state index contributed by atoms with van der Waals surface area (Å²) < 4.78 is 6.75. The highest BCUT2D eigenvalue weighted by Gasteiger charge is 2.13. The number of aromatic nitrogens is 2. The third-order valence-corrected chi connectivity index (χ3v) is 5.70. The number of ether oxygens (including phenoxy) is 1. The molecule has 4 nitrogen and oxygen atoms in total. The Morgan fingerprint density at radius 1 is 1.40 bits per heavy atom. The van der Waals surface area contributed by atoms with E-state index in [4.69, 9.17) is 4.74 Å². The van der Waals surface area contributed by atoms with E-state index in [0.29, 0.717) is 4.88 Å². The second kappa shape index (κ2) is 5.74. The van der Waals surface area contributed by atoms with Crippen LogP contribution in [0.5, 0.6) is 0 Å². The van der Waals surface area contributed by atoms with Crippen LogP contribution in [0.1, 0.15) is 9.67 Å². The summed E-state index contributed by atoms with van der Waals surface area (Å²) in [5, 5.41) is 1.08. The van der Waals surface area contributed by atoms with Crippen molar-refractivity contribution in [3.63, 3.8) is 0 Å². The maximum Gasteiger partial charge on any atom is 0.348 e. The van der Waals surface area contributed by atoms with Crippen molar-refractivity contribution in [1.82, 2.24) is 8.96 Å². The Kier molecular flexibility index (Phi) is 3.99. The molecule has 0 aromatic carbocycles. The second-order valence-electron chi connectivity index (χ2n) is 3.96. The quantitative estimate of drug-likeness (QED) is 0.469. The highest BCUT2D eigenvalue weighted by atomic mass is 127. The lowest BCUT2D eigenvalue weighted by atomic mass is 10.1. The largest absolute Gasteiger partial charge is 0.465 e. The molecule has 0 saturated heterocycles. The van der Waals surface area contributed by atoms with Gasteiger partial charge in [-0.05, 0) is 24.3 Å². The van der Waals surface area contributed by atoms with E-state index < -0.39 is 0 Å². The molecule has 3 aromatic heterocycles. The zero-order valence-corrected chi connectivity index (χ0v) is 14.2. The first-order valence-corrected chi connectivity index (χ1v) is 9.81. The monoisotopic (exact) mass is 416 g/mol. The van der Waals surface area contributed by atoms with Gasteiger partial charge in [0.25, 0.3) is 0 Å². The molecule has 0 spiro atoms. The third kappa shape index (κ3) is 2.33. The summed E-state index contributed by atoms with van der Waals surface area (Å²) in [6.45, 7) is 0. The Morgan fingerprint density at radius 3 is 3.00 bits per heavy atom. The first-order chi connectivity index (χ1) is 9.74. The number of pyridine rings is 1. The topological polar surface area (TPSA) is 44.1 Å². The Hall–Kier alpha value is -1.06. The fraction of sp³-hybridized carbons (Fsp3) is 0.0769. The predicted octanol–water partition coefficient (Wildman–Crippen LogP) is 4.40. The van der Waals surface area contributed by atoms with Crippen LogP contribution < -0.4 is 0 Å². The Balaban J connectivity index is 2.12. The number of hydrogen-bond acceptors (Lipinski definition) is 5. The molecule has 0 bridgehead atoms. The molecule has 0 radical (unpaired) electrons. The average Bonchev–Trinajstić information content (AvgIpc) is 3.12. The van der Waals surface area contributed by atoms with E-state index in [2.05, 4.69) is 26.2 Å². The van der Waals surface area contributed by atoms with Gasteiger partial charge in [0, 0.05) is 58.5 Å². The van der Waals surface area contributed by atoms with Crippen LogP contribution in [-0.2, 0) is 4.74 Å². The lowest BCUT2D eigenvalue weighted by molar-refractivity contribution is 0.0606. The molecule has 20 heavy (non-hydrogen) atoms. The van der Waals surface area contributed by atoms with Crippen LogP contribution >= 0.6 is 41.7 Å². The maximum absolute atomic E-state index is 11.5. The van der Waals surface area contributed by atoms with E-state index in [9.17, 15) is 4.79 Å². The minimum atomic E-state index is -0.299. The summed E-state index contributed by atoms with van der Waals surface area (Å²) >= 11 is 3.65. The molecular weight excluding hydrogens is 407 g/mol. The maximum atomic E-state index is 11.5. The van der Waals surface area contributed by atoms with Crippen LogP contribution in [0, 0.1) is 0 Å². The predicted molar refractivity (Wildman–Crippen MR) is 91.4 cm³/mol. The molecule has 102 valence electrons. The van der Waals surface area contributed by atoms with Crippen molar-refractivity contribution in [2.24, 2.45) is 0 Å². The molecule has 0 amide bonds. The number of esters is 1. The summed E-state index contributed by atoms with van der Waals surface area (Å²) in [7, 11) is 2.97. The van der Waals surface area contributed by atoms with Gasteiger partial charge >= 0.3 is 5.97 Å². The van der Waals surface area contributed by atoms with Crippen molar-refractivity contribution >= 4 is 58.7 Å². The molecule has 0 fully saturated rings. The zero-order valence-electron chi connectivity index (χ0n) is 10.4. The van der Waals surface area contributed by atoms with Crippen LogP contribution in [0.15, 0.2) is 36.7 Å². The highest BCUT2D eigenvalue weighted by molar-refractivity contribution is 14.2. The van der Waals surface area contributed by atoms with Crippen LogP contribution in [0.4, 0.5) is 0 Å². The highest BCUT2D eigenvalue weighted by Crippen LogP contribution is 2.35. The number of methoxy groups -OCH3 is 1. The van der Waals surface area contributed by atoms with Crippen LogP contribution in [0.2, 0.25) is 0 Å². The lowest BCUT2D eigenvalue weighted by Crippen LogP contribution is -1.96. The third-order valence-electron chi connectivity index (χ3n) is 2.89. The van der Waals surface area contributed by atoms with Crippen molar-refractivity contribution in [2.45, 2.75) is 0 Å². The van der Waals surface area contributed by atoms with Crippen LogP contribution in [0.3, 0.4) is 0 Å². The standard InChI is InChI=1S/C13H9IN2O2S2/c1-18-13(17)11-3-2-10(19-11)8-4-6-15-12-9(8)5-7-16(12)20-14/h2-7H,1H3. The van der Waals surface area contributed by atoms with Crippen molar-refractivity contribution < 1.29 is 9.53 Å². The van der Waals surface area contributed by atoms with Crippen molar-refractivity contribution in [2.75, 3.05) is 7.11 Å². The fourth-order valence-electron chi connectivity index (χ4n) is 1.98. The average molecular weight is 416 g/mol. The summed E-state index contributed by atoms with van der Waals surface area (Å²) in [6.07, 6.45) is 3.78. The number of carbonyl (C=O) groups is 1. The van der Waals surface area contributed by atoms with Gasteiger partial charge in [-0.3, -0.25) is 3.97 Å². The SMILES string of the molecule is COC(=O)c1ccc(-c2ccnc3c2ccn3SI)s1. The van der Waals surface area contributed by atoms with Crippen molar-refractivity contribution in [3.8, 4) is 10.4 Å². The van der Waals surface area contributed by atoms with Gasteiger partial charge in [0.2, 0.25) is 0 Å². The zero-order chi connectivity index (χ0) is 14.1. The molecular formula is C13H9IN2O2S2. The molecule has 0 saturated carbocycles. The summed E-state index contributed by atoms with van der Waals surface area (Å²) in [6, 6.07) is 7.75. The van der Waals surface area contributed by atoms with Gasteiger partial charge in [0.1, 0.15) is 4.88 Å². The first-order valence-electron chi connectivity index (χ1n) is 5.68. The summed E-state index contributed by atoms with van der Waals surface area (Å²) in [5.41, 5.74) is 2.01. The van der Waals surface area contributed by atoms with Gasteiger partial charge in [-0.2, -0.15) is 0 Å². The van der Waals surface area contributed by atoms with Crippen LogP contribution in [-0.4, -0.2) is 22.0 Å². The lowest BCUT2D eigenvalue weighted by Gasteiger charge is -2.01. The van der Waals surface area contributed by atoms with E-state index in [-0.39, 0.29) is 5.97 Å². The summed E-state index contributed by atoms with van der Waals surface area (Å²) in [5.74, 6) is -0.299. The van der Waals surface area contributed by atoms with E-state index in [1.807, 2.05) is 28.4 Å². The van der Waals surface area contributed by atoms with Gasteiger partial charge in [-0.1, -0.05) is 0 Å². The number of carbonyl (C=O) groups excluding carboxylic acids is 1. The molecule has 3 aromatic rings. The smallest absolute Gasteiger partial charge is 0.348 e. The minimum Gasteiger partial charge on any atom is -0.465 e. The second-order valence-corrected chi connectivity index (χ2v) is 6.76. The number of fused-ring (bicyclic) bond motifs is 1. The fourth-order valence-corrected chi connectivity index (χ4v) is 4.21. The molecule has 0 aliphatic rings. The molecule has 0 unspecified atom stereocenters. The van der Waals surface area contributed by atoms with Gasteiger partial charge in [0.05, 0.1) is 7.11 Å². The first kappa shape index (κ1) is 13.9. The Morgan fingerprint density at radius 2 is 2.25 bits per heavy atom. The van der Waals surface area contributed by atoms with Crippen molar-refractivity contribution in [1.29, 1.82) is 0 Å². The number of thiophene rings is 1. The Bertz CT molecular complexity index is 782. The normalized spacial score (nSPS) is 10.9. The molecule has 0 aliphatic heterocycles. The van der Waals surface area contributed by atoms with Gasteiger partial charge in [-0.25, -0.2) is 9.78 Å². The van der Waals surface area contributed by atoms with Gasteiger partial charge in [-0.15, -0.1) is 11.3 Å². The van der Waals surface area contributed by atoms with Gasteiger partial charge < -0.3 is 4.74 Å². The summed E-state index contributed by atoms with van der Waals surface area (Å²) in [4.78, 5) is 17.6. The molecule has 0 aliphatic carbocycles. The number of halogens is 1.